The molecule has 2 unspecified atom stereocenters. The third-order valence-corrected chi connectivity index (χ3v) is 2.32. The molecule has 2 heteroatoms. The molecule has 0 amide bonds. The highest BCUT2D eigenvalue weighted by molar-refractivity contribution is 5.16. The van der Waals surface area contributed by atoms with Crippen molar-refractivity contribution in [2.45, 2.75) is 18.6 Å². The minimum absolute atomic E-state index is 0.120. The smallest absolute Gasteiger partial charge is 0.130 e. The Bertz CT molecular complexity index is 290. The van der Waals surface area contributed by atoms with Gasteiger partial charge in [0.05, 0.1) is 12.9 Å². The quantitative estimate of drug-likeness (QED) is 0.524. The lowest BCUT2D eigenvalue weighted by molar-refractivity contribution is 0.112. The normalized spacial score (nSPS) is 21.3. The molecule has 0 aromatic heterocycles. The van der Waals surface area contributed by atoms with Crippen LogP contribution in [0.15, 0.2) is 43.2 Å². The van der Waals surface area contributed by atoms with Crippen LogP contribution in [-0.4, -0.2) is 18.8 Å². The molecule has 2 rings (SSSR count). The van der Waals surface area contributed by atoms with E-state index in [9.17, 15) is 0 Å². The van der Waals surface area contributed by atoms with Crippen molar-refractivity contribution in [1.82, 2.24) is 0 Å². The van der Waals surface area contributed by atoms with Crippen molar-refractivity contribution in [1.29, 1.82) is 0 Å². The molecule has 14 heavy (non-hydrogen) atoms. The molecule has 1 aromatic rings. The molecule has 2 nitrogen and oxygen atoms in total. The van der Waals surface area contributed by atoms with E-state index in [4.69, 9.17) is 9.47 Å². The molecular weight excluding hydrogens is 176 g/mol. The first-order valence-electron chi connectivity index (χ1n) is 4.82. The van der Waals surface area contributed by atoms with Crippen LogP contribution in [0.25, 0.3) is 0 Å². The van der Waals surface area contributed by atoms with E-state index in [1.807, 2.05) is 18.2 Å². The van der Waals surface area contributed by atoms with Crippen LogP contribution in [0.4, 0.5) is 0 Å². The maximum atomic E-state index is 5.41. The van der Waals surface area contributed by atoms with Gasteiger partial charge in [0.15, 0.2) is 0 Å². The van der Waals surface area contributed by atoms with Crippen molar-refractivity contribution in [2.24, 2.45) is 0 Å². The zero-order chi connectivity index (χ0) is 9.80. The third kappa shape index (κ3) is 2.36. The number of rotatable bonds is 5. The van der Waals surface area contributed by atoms with Crippen molar-refractivity contribution in [2.75, 3.05) is 6.61 Å². The van der Waals surface area contributed by atoms with Crippen LogP contribution >= 0.6 is 0 Å². The van der Waals surface area contributed by atoms with Crippen molar-refractivity contribution in [3.63, 3.8) is 0 Å². The highest BCUT2D eigenvalue weighted by Gasteiger charge is 2.33. The molecule has 1 saturated heterocycles. The summed E-state index contributed by atoms with van der Waals surface area (Å²) >= 11 is 0. The summed E-state index contributed by atoms with van der Waals surface area (Å²) in [5.41, 5.74) is 1.27. The first-order chi connectivity index (χ1) is 6.90. The molecule has 0 radical (unpaired) electrons. The van der Waals surface area contributed by atoms with Crippen LogP contribution in [0.1, 0.15) is 5.56 Å². The molecule has 0 saturated carbocycles. The van der Waals surface area contributed by atoms with E-state index >= 15 is 0 Å². The topological polar surface area (TPSA) is 21.8 Å². The van der Waals surface area contributed by atoms with Crippen LogP contribution in [0.2, 0.25) is 0 Å². The lowest BCUT2D eigenvalue weighted by Crippen LogP contribution is -2.20. The predicted octanol–water partition coefficient (Wildman–Crippen LogP) is 2.16. The lowest BCUT2D eigenvalue weighted by atomic mass is 10.1. The Balaban J connectivity index is 1.96. The molecule has 0 N–H and O–H groups in total. The first kappa shape index (κ1) is 9.28. The summed E-state index contributed by atoms with van der Waals surface area (Å²) in [7, 11) is 0. The number of ether oxygens (including phenoxy) is 2. The van der Waals surface area contributed by atoms with Crippen LogP contribution in [0.5, 0.6) is 0 Å². The van der Waals surface area contributed by atoms with Crippen LogP contribution < -0.4 is 0 Å². The van der Waals surface area contributed by atoms with Gasteiger partial charge in [-0.15, -0.1) is 0 Å². The number of benzene rings is 1. The summed E-state index contributed by atoms with van der Waals surface area (Å²) in [6.45, 7) is 4.39. The van der Waals surface area contributed by atoms with Gasteiger partial charge < -0.3 is 9.47 Å². The van der Waals surface area contributed by atoms with E-state index in [2.05, 4.69) is 18.7 Å². The fourth-order valence-corrected chi connectivity index (χ4v) is 1.51. The van der Waals surface area contributed by atoms with Gasteiger partial charge in [0.1, 0.15) is 12.2 Å². The maximum Gasteiger partial charge on any atom is 0.130 e. The van der Waals surface area contributed by atoms with Crippen LogP contribution in [0.3, 0.4) is 0 Å². The highest BCUT2D eigenvalue weighted by Crippen LogP contribution is 2.20. The summed E-state index contributed by atoms with van der Waals surface area (Å²) < 4.78 is 10.6. The van der Waals surface area contributed by atoms with Gasteiger partial charge >= 0.3 is 0 Å². The zero-order valence-electron chi connectivity index (χ0n) is 8.06. The molecule has 1 aliphatic heterocycles. The summed E-state index contributed by atoms with van der Waals surface area (Å²) in [5, 5.41) is 0. The standard InChI is InChI=1S/C12H14O2/c1-2-13-11(12-9-14-12)8-10-6-4-3-5-7-10/h2-7,11-12H,1,8-9H2. The molecule has 2 atom stereocenters. The van der Waals surface area contributed by atoms with Gasteiger partial charge in [0.2, 0.25) is 0 Å². The summed E-state index contributed by atoms with van der Waals surface area (Å²) in [4.78, 5) is 0. The van der Waals surface area contributed by atoms with Crippen molar-refractivity contribution in [3.05, 3.63) is 48.7 Å². The second-order valence-electron chi connectivity index (χ2n) is 3.40. The van der Waals surface area contributed by atoms with Gasteiger partial charge in [0.25, 0.3) is 0 Å². The predicted molar refractivity (Wildman–Crippen MR) is 55.0 cm³/mol. The molecule has 0 bridgehead atoms. The lowest BCUT2D eigenvalue weighted by Gasteiger charge is -2.13. The molecule has 1 aliphatic rings. The summed E-state index contributed by atoms with van der Waals surface area (Å²) in [5.74, 6) is 0. The minimum Gasteiger partial charge on any atom is -0.495 e. The zero-order valence-corrected chi connectivity index (χ0v) is 8.06. The average molecular weight is 190 g/mol. The van der Waals surface area contributed by atoms with Crippen molar-refractivity contribution < 1.29 is 9.47 Å². The van der Waals surface area contributed by atoms with Crippen molar-refractivity contribution in [3.8, 4) is 0 Å². The molecule has 1 fully saturated rings. The second-order valence-corrected chi connectivity index (χ2v) is 3.40. The van der Waals surface area contributed by atoms with Gasteiger partial charge in [-0.1, -0.05) is 36.9 Å². The minimum atomic E-state index is 0.120. The summed E-state index contributed by atoms with van der Waals surface area (Å²) in [6, 6.07) is 10.3. The maximum absolute atomic E-state index is 5.41. The van der Waals surface area contributed by atoms with E-state index in [1.54, 1.807) is 0 Å². The van der Waals surface area contributed by atoms with Crippen molar-refractivity contribution >= 4 is 0 Å². The van der Waals surface area contributed by atoms with Gasteiger partial charge in [-0.25, -0.2) is 0 Å². The van der Waals surface area contributed by atoms with E-state index < -0.39 is 0 Å². The van der Waals surface area contributed by atoms with E-state index in [0.717, 1.165) is 13.0 Å². The Hall–Kier alpha value is -1.28. The molecular formula is C12H14O2. The highest BCUT2D eigenvalue weighted by atomic mass is 16.6. The Morgan fingerprint density at radius 3 is 2.79 bits per heavy atom. The van der Waals surface area contributed by atoms with Gasteiger partial charge in [-0.05, 0) is 5.56 Å². The van der Waals surface area contributed by atoms with E-state index in [0.29, 0.717) is 0 Å². The molecule has 0 aliphatic carbocycles. The molecule has 1 aromatic carbocycles. The summed E-state index contributed by atoms with van der Waals surface area (Å²) in [6.07, 6.45) is 2.76. The Kier molecular flexibility index (Phi) is 2.84. The molecule has 1 heterocycles. The fraction of sp³-hybridized carbons (Fsp3) is 0.333. The first-order valence-corrected chi connectivity index (χ1v) is 4.82. The molecule has 0 spiro atoms. The Labute approximate surface area is 84.2 Å². The number of hydrogen-bond acceptors (Lipinski definition) is 2. The van der Waals surface area contributed by atoms with Gasteiger partial charge in [0, 0.05) is 6.42 Å². The largest absolute Gasteiger partial charge is 0.495 e. The number of hydrogen-bond donors (Lipinski definition) is 0. The monoisotopic (exact) mass is 190 g/mol. The SMILES string of the molecule is C=COC(Cc1ccccc1)C1CO1. The third-order valence-electron chi connectivity index (χ3n) is 2.32. The Morgan fingerprint density at radius 2 is 2.21 bits per heavy atom. The van der Waals surface area contributed by atoms with Gasteiger partial charge in [-0.3, -0.25) is 0 Å². The van der Waals surface area contributed by atoms with Crippen LogP contribution in [-0.2, 0) is 15.9 Å². The number of epoxide rings is 1. The van der Waals surface area contributed by atoms with E-state index in [-0.39, 0.29) is 12.2 Å². The molecule has 74 valence electrons. The van der Waals surface area contributed by atoms with E-state index in [1.165, 1.54) is 11.8 Å². The van der Waals surface area contributed by atoms with Crippen LogP contribution in [0, 0.1) is 0 Å². The average Bonchev–Trinajstić information content (AvgIpc) is 3.02. The fourth-order valence-electron chi connectivity index (χ4n) is 1.51. The second kappa shape index (κ2) is 4.29. The van der Waals surface area contributed by atoms with Gasteiger partial charge in [-0.2, -0.15) is 0 Å². The Morgan fingerprint density at radius 1 is 1.50 bits per heavy atom.